The summed E-state index contributed by atoms with van der Waals surface area (Å²) < 4.78 is 2.07. The molecule has 0 bridgehead atoms. The van der Waals surface area contributed by atoms with Crippen molar-refractivity contribution in [2.45, 2.75) is 6.04 Å². The number of carbonyl (C=O) groups is 2. The second-order valence-corrected chi connectivity index (χ2v) is 7.79. The predicted octanol–water partition coefficient (Wildman–Crippen LogP) is 2.40. The molecule has 6 nitrogen and oxygen atoms in total. The summed E-state index contributed by atoms with van der Waals surface area (Å²) >= 11 is 0. The van der Waals surface area contributed by atoms with Crippen molar-refractivity contribution in [1.29, 1.82) is 0 Å². The lowest BCUT2D eigenvalue weighted by molar-refractivity contribution is -0.122. The summed E-state index contributed by atoms with van der Waals surface area (Å²) in [6.45, 7) is 1.35. The lowest BCUT2D eigenvalue weighted by Gasteiger charge is -2.25. The van der Waals surface area contributed by atoms with Gasteiger partial charge < -0.3 is 19.7 Å². The van der Waals surface area contributed by atoms with E-state index in [9.17, 15) is 9.59 Å². The third-order valence-electron chi connectivity index (χ3n) is 5.48. The first kappa shape index (κ1) is 19.2. The molecular formula is C23H26N4O2. The number of hydrogen-bond donors (Lipinski definition) is 1. The zero-order valence-corrected chi connectivity index (χ0v) is 17.1. The fourth-order valence-corrected chi connectivity index (χ4v) is 4.09. The van der Waals surface area contributed by atoms with Crippen LogP contribution in [0.3, 0.4) is 0 Å². The van der Waals surface area contributed by atoms with Gasteiger partial charge in [0.25, 0.3) is 5.91 Å². The molecule has 1 atom stereocenters. The SMILES string of the molecule is CN(C)CCNC(=O)CN1C(=O)c2ccccc2[C@@H]1c1cn(C)c2ccccc12. The number of rotatable bonds is 6. The van der Waals surface area contributed by atoms with Crippen LogP contribution >= 0.6 is 0 Å². The summed E-state index contributed by atoms with van der Waals surface area (Å²) in [5, 5.41) is 4.02. The fraction of sp³-hybridized carbons (Fsp3) is 0.304. The lowest BCUT2D eigenvalue weighted by Crippen LogP contribution is -2.41. The van der Waals surface area contributed by atoms with Gasteiger partial charge in [0.05, 0.1) is 6.04 Å². The number of nitrogens with zero attached hydrogens (tertiary/aromatic N) is 3. The maximum absolute atomic E-state index is 13.2. The number of aryl methyl sites for hydroxylation is 1. The highest BCUT2D eigenvalue weighted by atomic mass is 16.2. The quantitative estimate of drug-likeness (QED) is 0.703. The van der Waals surface area contributed by atoms with Crippen LogP contribution in [0, 0.1) is 0 Å². The first-order valence-corrected chi connectivity index (χ1v) is 9.82. The summed E-state index contributed by atoms with van der Waals surface area (Å²) in [7, 11) is 5.93. The van der Waals surface area contributed by atoms with E-state index in [2.05, 4.69) is 28.2 Å². The average Bonchev–Trinajstić information content (AvgIpc) is 3.17. The second-order valence-electron chi connectivity index (χ2n) is 7.79. The Morgan fingerprint density at radius 3 is 2.59 bits per heavy atom. The average molecular weight is 390 g/mol. The molecule has 1 aromatic heterocycles. The van der Waals surface area contributed by atoms with Crippen LogP contribution in [0.1, 0.15) is 27.5 Å². The smallest absolute Gasteiger partial charge is 0.255 e. The third-order valence-corrected chi connectivity index (χ3v) is 5.48. The maximum atomic E-state index is 13.2. The molecule has 1 aliphatic rings. The van der Waals surface area contributed by atoms with Crippen LogP contribution in [0.15, 0.2) is 54.7 Å². The molecule has 2 heterocycles. The summed E-state index contributed by atoms with van der Waals surface area (Å²) in [5.74, 6) is -0.237. The Labute approximate surface area is 170 Å². The number of amides is 2. The molecule has 3 aromatic rings. The molecule has 29 heavy (non-hydrogen) atoms. The van der Waals surface area contributed by atoms with E-state index in [0.717, 1.165) is 28.6 Å². The Morgan fingerprint density at radius 1 is 1.07 bits per heavy atom. The Hall–Kier alpha value is -3.12. The van der Waals surface area contributed by atoms with E-state index < -0.39 is 0 Å². The number of likely N-dealkylation sites (N-methyl/N-ethyl adjacent to an activating group) is 1. The summed E-state index contributed by atoms with van der Waals surface area (Å²) in [5.41, 5.74) is 3.78. The summed E-state index contributed by atoms with van der Waals surface area (Å²) in [6.07, 6.45) is 2.07. The Bertz CT molecular complexity index is 1070. The summed E-state index contributed by atoms with van der Waals surface area (Å²) in [6, 6.07) is 15.5. The van der Waals surface area contributed by atoms with Crippen molar-refractivity contribution in [3.05, 3.63) is 71.4 Å². The van der Waals surface area contributed by atoms with Gasteiger partial charge in [-0.1, -0.05) is 36.4 Å². The van der Waals surface area contributed by atoms with E-state index in [-0.39, 0.29) is 24.4 Å². The molecular weight excluding hydrogens is 364 g/mol. The van der Waals surface area contributed by atoms with Crippen LogP contribution in [0.25, 0.3) is 10.9 Å². The van der Waals surface area contributed by atoms with Gasteiger partial charge in [-0.15, -0.1) is 0 Å². The molecule has 2 aromatic carbocycles. The number of para-hydroxylation sites is 1. The third kappa shape index (κ3) is 3.51. The molecule has 6 heteroatoms. The van der Waals surface area contributed by atoms with Crippen molar-refractivity contribution in [2.75, 3.05) is 33.7 Å². The normalized spacial score (nSPS) is 15.9. The molecule has 0 fully saturated rings. The number of nitrogens with one attached hydrogen (secondary N) is 1. The van der Waals surface area contributed by atoms with Gasteiger partial charge in [-0.2, -0.15) is 0 Å². The molecule has 4 rings (SSSR count). The van der Waals surface area contributed by atoms with Crippen LogP contribution in [-0.4, -0.2) is 59.9 Å². The first-order valence-electron chi connectivity index (χ1n) is 9.82. The van der Waals surface area contributed by atoms with Crippen molar-refractivity contribution < 1.29 is 9.59 Å². The fourth-order valence-electron chi connectivity index (χ4n) is 4.09. The molecule has 0 saturated carbocycles. The molecule has 0 radical (unpaired) electrons. The van der Waals surface area contributed by atoms with E-state index in [4.69, 9.17) is 0 Å². The monoisotopic (exact) mass is 390 g/mol. The molecule has 1 N–H and O–H groups in total. The highest BCUT2D eigenvalue weighted by molar-refractivity contribution is 6.02. The number of hydrogen-bond acceptors (Lipinski definition) is 3. The predicted molar refractivity (Wildman–Crippen MR) is 114 cm³/mol. The molecule has 2 amide bonds. The number of benzene rings is 2. The molecule has 150 valence electrons. The molecule has 0 unspecified atom stereocenters. The van der Waals surface area contributed by atoms with Gasteiger partial charge in [-0.25, -0.2) is 0 Å². The van der Waals surface area contributed by atoms with Crippen molar-refractivity contribution >= 4 is 22.7 Å². The first-order chi connectivity index (χ1) is 14.0. The van der Waals surface area contributed by atoms with Gasteiger partial charge in [0.15, 0.2) is 0 Å². The minimum absolute atomic E-state index is 0.0365. The zero-order chi connectivity index (χ0) is 20.5. The molecule has 0 aliphatic carbocycles. The van der Waals surface area contributed by atoms with Crippen LogP contribution in [-0.2, 0) is 11.8 Å². The zero-order valence-electron chi connectivity index (χ0n) is 17.1. The van der Waals surface area contributed by atoms with Crippen molar-refractivity contribution in [3.8, 4) is 0 Å². The second kappa shape index (κ2) is 7.72. The van der Waals surface area contributed by atoms with E-state index in [1.54, 1.807) is 4.90 Å². The van der Waals surface area contributed by atoms with Gasteiger partial charge in [0, 0.05) is 48.4 Å². The number of fused-ring (bicyclic) bond motifs is 2. The summed E-state index contributed by atoms with van der Waals surface area (Å²) in [4.78, 5) is 29.5. The van der Waals surface area contributed by atoms with Crippen molar-refractivity contribution in [3.63, 3.8) is 0 Å². The lowest BCUT2D eigenvalue weighted by atomic mass is 9.97. The molecule has 0 spiro atoms. The van der Waals surface area contributed by atoms with Crippen LogP contribution in [0.5, 0.6) is 0 Å². The van der Waals surface area contributed by atoms with Crippen molar-refractivity contribution in [1.82, 2.24) is 19.7 Å². The van der Waals surface area contributed by atoms with E-state index in [1.807, 2.05) is 62.4 Å². The van der Waals surface area contributed by atoms with Gasteiger partial charge in [-0.05, 0) is 31.8 Å². The minimum Gasteiger partial charge on any atom is -0.353 e. The molecule has 1 aliphatic heterocycles. The molecule has 0 saturated heterocycles. The largest absolute Gasteiger partial charge is 0.353 e. The topological polar surface area (TPSA) is 57.6 Å². The minimum atomic E-state index is -0.274. The van der Waals surface area contributed by atoms with Crippen LogP contribution < -0.4 is 5.32 Å². The number of aromatic nitrogens is 1. The Morgan fingerprint density at radius 2 is 1.79 bits per heavy atom. The Kier molecular flexibility index (Phi) is 5.11. The van der Waals surface area contributed by atoms with Crippen molar-refractivity contribution in [2.24, 2.45) is 7.05 Å². The van der Waals surface area contributed by atoms with Crippen LogP contribution in [0.2, 0.25) is 0 Å². The van der Waals surface area contributed by atoms with Gasteiger partial charge >= 0.3 is 0 Å². The maximum Gasteiger partial charge on any atom is 0.255 e. The van der Waals surface area contributed by atoms with E-state index in [0.29, 0.717) is 12.1 Å². The highest BCUT2D eigenvalue weighted by Crippen LogP contribution is 2.41. The van der Waals surface area contributed by atoms with Crippen LogP contribution in [0.4, 0.5) is 0 Å². The van der Waals surface area contributed by atoms with E-state index >= 15 is 0 Å². The van der Waals surface area contributed by atoms with Gasteiger partial charge in [-0.3, -0.25) is 9.59 Å². The Balaban J connectivity index is 1.70. The van der Waals surface area contributed by atoms with E-state index in [1.165, 1.54) is 0 Å². The standard InChI is InChI=1S/C23H26N4O2/c1-25(2)13-12-24-21(28)15-27-22(17-9-4-5-10-18(17)23(27)29)19-14-26(3)20-11-7-6-8-16(19)20/h4-11,14,22H,12-13,15H2,1-3H3,(H,24,28)/t22-/m1/s1. The van der Waals surface area contributed by atoms with Gasteiger partial charge in [0.2, 0.25) is 5.91 Å². The van der Waals surface area contributed by atoms with Gasteiger partial charge in [0.1, 0.15) is 6.54 Å². The number of carbonyl (C=O) groups excluding carboxylic acids is 2. The highest BCUT2D eigenvalue weighted by Gasteiger charge is 2.39.